The van der Waals surface area contributed by atoms with E-state index in [4.69, 9.17) is 0 Å². The Hall–Kier alpha value is -0.900. The number of rotatable bonds is 2. The van der Waals surface area contributed by atoms with E-state index in [1.54, 1.807) is 6.07 Å². The predicted molar refractivity (Wildman–Crippen MR) is 69.2 cm³/mol. The fourth-order valence-electron chi connectivity index (χ4n) is 2.35. The zero-order chi connectivity index (χ0) is 12.4. The highest BCUT2D eigenvalue weighted by Crippen LogP contribution is 2.33. The second kappa shape index (κ2) is 5.17. The number of hydrogen-bond acceptors (Lipinski definition) is 1. The number of halogens is 2. The second-order valence-electron chi connectivity index (χ2n) is 4.63. The number of benzene rings is 1. The van der Waals surface area contributed by atoms with Crippen LogP contribution in [0.15, 0.2) is 22.7 Å². The Labute approximate surface area is 109 Å². The molecule has 0 radical (unpaired) electrons. The van der Waals surface area contributed by atoms with Crippen molar-refractivity contribution in [3.63, 3.8) is 0 Å². The van der Waals surface area contributed by atoms with Crippen LogP contribution in [-0.2, 0) is 4.79 Å². The zero-order valence-corrected chi connectivity index (χ0v) is 11.3. The van der Waals surface area contributed by atoms with E-state index in [-0.39, 0.29) is 17.6 Å². The minimum atomic E-state index is -0.316. The monoisotopic (exact) mass is 299 g/mol. The molecule has 17 heavy (non-hydrogen) atoms. The Morgan fingerprint density at radius 1 is 1.47 bits per heavy atom. The van der Waals surface area contributed by atoms with E-state index in [2.05, 4.69) is 28.2 Å². The van der Waals surface area contributed by atoms with Crippen LogP contribution in [0.1, 0.15) is 26.2 Å². The summed E-state index contributed by atoms with van der Waals surface area (Å²) >= 11 is 3.24. The third-order valence-corrected chi connectivity index (χ3v) is 4.04. The molecule has 0 heterocycles. The summed E-state index contributed by atoms with van der Waals surface area (Å²) in [6.07, 6.45) is 3.18. The Balaban J connectivity index is 2.07. The van der Waals surface area contributed by atoms with E-state index in [0.717, 1.165) is 19.3 Å². The number of amides is 1. The summed E-state index contributed by atoms with van der Waals surface area (Å²) in [5.74, 6) is 0.257. The third-order valence-electron chi connectivity index (χ3n) is 3.39. The summed E-state index contributed by atoms with van der Waals surface area (Å²) in [7, 11) is 0. The second-order valence-corrected chi connectivity index (χ2v) is 5.48. The van der Waals surface area contributed by atoms with E-state index in [9.17, 15) is 9.18 Å². The molecule has 1 aliphatic carbocycles. The predicted octanol–water partition coefficient (Wildman–Crippen LogP) is 3.96. The number of carbonyl (C=O) groups excluding carboxylic acids is 1. The van der Waals surface area contributed by atoms with Crippen LogP contribution in [0.25, 0.3) is 0 Å². The largest absolute Gasteiger partial charge is 0.325 e. The molecule has 2 atom stereocenters. The molecule has 0 bridgehead atoms. The Morgan fingerprint density at radius 2 is 2.24 bits per heavy atom. The van der Waals surface area contributed by atoms with Crippen molar-refractivity contribution in [2.24, 2.45) is 11.8 Å². The fourth-order valence-corrected chi connectivity index (χ4v) is 2.80. The van der Waals surface area contributed by atoms with Crippen LogP contribution in [0, 0.1) is 17.7 Å². The van der Waals surface area contributed by atoms with Gasteiger partial charge in [0.05, 0.1) is 5.69 Å². The van der Waals surface area contributed by atoms with Crippen LogP contribution in [0.4, 0.5) is 10.1 Å². The van der Waals surface area contributed by atoms with Crippen molar-refractivity contribution in [2.75, 3.05) is 5.32 Å². The van der Waals surface area contributed by atoms with Gasteiger partial charge in [0, 0.05) is 10.4 Å². The fraction of sp³-hybridized carbons (Fsp3) is 0.462. The van der Waals surface area contributed by atoms with Crippen LogP contribution in [0.5, 0.6) is 0 Å². The minimum Gasteiger partial charge on any atom is -0.325 e. The van der Waals surface area contributed by atoms with Gasteiger partial charge in [-0.15, -0.1) is 0 Å². The molecule has 2 rings (SSSR count). The summed E-state index contributed by atoms with van der Waals surface area (Å²) in [6.45, 7) is 2.11. The maximum absolute atomic E-state index is 12.9. The van der Waals surface area contributed by atoms with Gasteiger partial charge in [-0.2, -0.15) is 0 Å². The molecule has 1 aliphatic rings. The lowest BCUT2D eigenvalue weighted by Gasteiger charge is -2.15. The van der Waals surface area contributed by atoms with Gasteiger partial charge in [0.15, 0.2) is 0 Å². The van der Waals surface area contributed by atoms with Crippen LogP contribution in [-0.4, -0.2) is 5.91 Å². The molecular weight excluding hydrogens is 285 g/mol. The molecule has 1 amide bonds. The van der Waals surface area contributed by atoms with Gasteiger partial charge >= 0.3 is 0 Å². The Bertz CT molecular complexity index is 435. The molecule has 1 saturated carbocycles. The molecule has 1 fully saturated rings. The van der Waals surface area contributed by atoms with Crippen molar-refractivity contribution in [3.05, 3.63) is 28.5 Å². The molecule has 0 aromatic heterocycles. The molecule has 1 aromatic rings. The smallest absolute Gasteiger partial charge is 0.227 e. The standard InChI is InChI=1S/C13H15BrFNO/c1-8-3-2-4-10(8)13(17)16-12-6-5-9(15)7-11(12)14/h5-8,10H,2-4H2,1H3,(H,16,17). The van der Waals surface area contributed by atoms with Gasteiger partial charge in [0.1, 0.15) is 5.82 Å². The average Bonchev–Trinajstić information content (AvgIpc) is 2.68. The molecule has 2 nitrogen and oxygen atoms in total. The van der Waals surface area contributed by atoms with Gasteiger partial charge in [0.2, 0.25) is 5.91 Å². The quantitative estimate of drug-likeness (QED) is 0.880. The third kappa shape index (κ3) is 2.86. The molecule has 1 aromatic carbocycles. The molecular formula is C13H15BrFNO. The van der Waals surface area contributed by atoms with Gasteiger partial charge in [-0.1, -0.05) is 13.3 Å². The lowest BCUT2D eigenvalue weighted by Crippen LogP contribution is -2.24. The molecule has 2 unspecified atom stereocenters. The lowest BCUT2D eigenvalue weighted by atomic mass is 9.97. The van der Waals surface area contributed by atoms with Gasteiger partial charge in [-0.25, -0.2) is 4.39 Å². The van der Waals surface area contributed by atoms with Crippen LogP contribution in [0.2, 0.25) is 0 Å². The van der Waals surface area contributed by atoms with Gasteiger partial charge < -0.3 is 5.32 Å². The normalized spacial score (nSPS) is 23.7. The first kappa shape index (κ1) is 12.6. The minimum absolute atomic E-state index is 0.0438. The van der Waals surface area contributed by atoms with Crippen LogP contribution >= 0.6 is 15.9 Å². The number of anilines is 1. The first-order valence-electron chi connectivity index (χ1n) is 5.84. The van der Waals surface area contributed by atoms with E-state index in [1.807, 2.05) is 0 Å². The van der Waals surface area contributed by atoms with E-state index >= 15 is 0 Å². The van der Waals surface area contributed by atoms with Gasteiger partial charge in [-0.05, 0) is 52.9 Å². The molecule has 0 aliphatic heterocycles. The van der Waals surface area contributed by atoms with Crippen LogP contribution < -0.4 is 5.32 Å². The van der Waals surface area contributed by atoms with Crippen LogP contribution in [0.3, 0.4) is 0 Å². The number of hydrogen-bond donors (Lipinski definition) is 1. The Kier molecular flexibility index (Phi) is 3.82. The molecule has 0 saturated heterocycles. The van der Waals surface area contributed by atoms with Gasteiger partial charge in [0.25, 0.3) is 0 Å². The van der Waals surface area contributed by atoms with Crippen molar-refractivity contribution in [1.29, 1.82) is 0 Å². The Morgan fingerprint density at radius 3 is 2.82 bits per heavy atom. The highest BCUT2D eigenvalue weighted by molar-refractivity contribution is 9.10. The molecule has 1 N–H and O–H groups in total. The van der Waals surface area contributed by atoms with E-state index < -0.39 is 0 Å². The molecule has 92 valence electrons. The van der Waals surface area contributed by atoms with E-state index in [0.29, 0.717) is 16.1 Å². The maximum Gasteiger partial charge on any atom is 0.227 e. The molecule has 0 spiro atoms. The summed E-state index contributed by atoms with van der Waals surface area (Å²) in [5.41, 5.74) is 0.635. The first-order valence-corrected chi connectivity index (χ1v) is 6.63. The summed E-state index contributed by atoms with van der Waals surface area (Å²) in [5, 5.41) is 2.86. The summed E-state index contributed by atoms with van der Waals surface area (Å²) in [6, 6.07) is 4.28. The first-order chi connectivity index (χ1) is 8.08. The lowest BCUT2D eigenvalue weighted by molar-refractivity contribution is -0.120. The summed E-state index contributed by atoms with van der Waals surface area (Å²) < 4.78 is 13.5. The van der Waals surface area contributed by atoms with Crippen molar-refractivity contribution in [1.82, 2.24) is 0 Å². The summed E-state index contributed by atoms with van der Waals surface area (Å²) in [4.78, 5) is 12.0. The van der Waals surface area contributed by atoms with Crippen molar-refractivity contribution >= 4 is 27.5 Å². The van der Waals surface area contributed by atoms with Crippen molar-refractivity contribution in [2.45, 2.75) is 26.2 Å². The number of nitrogens with one attached hydrogen (secondary N) is 1. The van der Waals surface area contributed by atoms with Gasteiger partial charge in [-0.3, -0.25) is 4.79 Å². The van der Waals surface area contributed by atoms with Crippen molar-refractivity contribution in [3.8, 4) is 0 Å². The molecule has 4 heteroatoms. The zero-order valence-electron chi connectivity index (χ0n) is 9.67. The van der Waals surface area contributed by atoms with Crippen molar-refractivity contribution < 1.29 is 9.18 Å². The average molecular weight is 300 g/mol. The SMILES string of the molecule is CC1CCCC1C(=O)Nc1ccc(F)cc1Br. The maximum atomic E-state index is 12.9. The van der Waals surface area contributed by atoms with E-state index in [1.165, 1.54) is 12.1 Å². The number of carbonyl (C=O) groups is 1. The highest BCUT2D eigenvalue weighted by Gasteiger charge is 2.29. The highest BCUT2D eigenvalue weighted by atomic mass is 79.9. The topological polar surface area (TPSA) is 29.1 Å².